The van der Waals surface area contributed by atoms with Gasteiger partial charge in [0.05, 0.1) is 11.6 Å². The van der Waals surface area contributed by atoms with Crippen LogP contribution in [0.4, 0.5) is 5.00 Å². The van der Waals surface area contributed by atoms with Gasteiger partial charge in [0.25, 0.3) is 0 Å². The van der Waals surface area contributed by atoms with Gasteiger partial charge in [-0.05, 0) is 37.3 Å². The third-order valence-corrected chi connectivity index (χ3v) is 5.43. The van der Waals surface area contributed by atoms with E-state index < -0.39 is 0 Å². The number of rotatable bonds is 9. The summed E-state index contributed by atoms with van der Waals surface area (Å²) in [6.07, 6.45) is 4.74. The Morgan fingerprint density at radius 1 is 1.22 bits per heavy atom. The molecule has 1 aromatic heterocycles. The van der Waals surface area contributed by atoms with Crippen LogP contribution in [0.25, 0.3) is 0 Å². The minimum Gasteiger partial charge on any atom is -0.466 e. The van der Waals surface area contributed by atoms with Gasteiger partial charge in [0.1, 0.15) is 0 Å². The minimum atomic E-state index is -0.0762. The third kappa shape index (κ3) is 8.68. The molecule has 1 fully saturated rings. The number of unbranched alkanes of at least 4 members (excludes halogenated alkanes) is 3. The Labute approximate surface area is 184 Å². The zero-order chi connectivity index (χ0) is 18.6. The van der Waals surface area contributed by atoms with Crippen LogP contribution < -0.4 is 10.2 Å². The van der Waals surface area contributed by atoms with Gasteiger partial charge in [-0.2, -0.15) is 0 Å². The normalized spacial score (nSPS) is 14.7. The summed E-state index contributed by atoms with van der Waals surface area (Å²) in [5.41, 5.74) is 0. The second-order valence-electron chi connectivity index (χ2n) is 6.37. The molecule has 27 heavy (non-hydrogen) atoms. The van der Waals surface area contributed by atoms with E-state index in [2.05, 4.69) is 37.6 Å². The number of nitrogens with zero attached hydrogens (tertiary/aromatic N) is 3. The van der Waals surface area contributed by atoms with Gasteiger partial charge in [-0.25, -0.2) is 0 Å². The van der Waals surface area contributed by atoms with Gasteiger partial charge in [0.2, 0.25) is 0 Å². The number of nitrogens with one attached hydrogen (secondary N) is 1. The fourth-order valence-corrected chi connectivity index (χ4v) is 3.89. The van der Waals surface area contributed by atoms with Crippen LogP contribution in [0, 0.1) is 0 Å². The number of aliphatic imine (C=N–C) groups is 1. The van der Waals surface area contributed by atoms with Crippen molar-refractivity contribution in [3.05, 3.63) is 17.5 Å². The van der Waals surface area contributed by atoms with Crippen LogP contribution in [-0.4, -0.2) is 63.2 Å². The molecule has 1 aliphatic rings. The number of ether oxygens (including phenoxy) is 1. The van der Waals surface area contributed by atoms with Crippen LogP contribution in [0.2, 0.25) is 0 Å². The molecule has 0 spiro atoms. The Morgan fingerprint density at radius 2 is 1.96 bits per heavy atom. The first-order valence-electron chi connectivity index (χ1n) is 9.64. The summed E-state index contributed by atoms with van der Waals surface area (Å²) in [6, 6.07) is 4.30. The predicted molar refractivity (Wildman–Crippen MR) is 125 cm³/mol. The number of halogens is 1. The van der Waals surface area contributed by atoms with Crippen LogP contribution in [-0.2, 0) is 9.53 Å². The molecule has 6 nitrogen and oxygen atoms in total. The van der Waals surface area contributed by atoms with Crippen molar-refractivity contribution in [2.24, 2.45) is 4.99 Å². The highest BCUT2D eigenvalue weighted by Crippen LogP contribution is 2.22. The van der Waals surface area contributed by atoms with Gasteiger partial charge < -0.3 is 19.9 Å². The molecule has 2 rings (SSSR count). The lowest BCUT2D eigenvalue weighted by molar-refractivity contribution is -0.143. The number of piperazine rings is 1. The Morgan fingerprint density at radius 3 is 2.59 bits per heavy atom. The highest BCUT2D eigenvalue weighted by molar-refractivity contribution is 14.0. The summed E-state index contributed by atoms with van der Waals surface area (Å²) in [6.45, 7) is 7.32. The molecule has 0 unspecified atom stereocenters. The highest BCUT2D eigenvalue weighted by Gasteiger charge is 2.19. The van der Waals surface area contributed by atoms with Crippen molar-refractivity contribution in [3.63, 3.8) is 0 Å². The molecule has 1 N–H and O–H groups in total. The lowest BCUT2D eigenvalue weighted by atomic mass is 10.1. The van der Waals surface area contributed by atoms with Crippen molar-refractivity contribution in [3.8, 4) is 0 Å². The summed E-state index contributed by atoms with van der Waals surface area (Å²) in [4.78, 5) is 20.5. The summed E-state index contributed by atoms with van der Waals surface area (Å²) >= 11 is 1.81. The van der Waals surface area contributed by atoms with Gasteiger partial charge in [-0.1, -0.05) is 12.8 Å². The number of carbonyl (C=O) groups is 1. The number of hydrogen-bond donors (Lipinski definition) is 1. The molecule has 154 valence electrons. The maximum atomic E-state index is 11.3. The average Bonchev–Trinajstić information content (AvgIpc) is 3.19. The van der Waals surface area contributed by atoms with Crippen LogP contribution in [0.3, 0.4) is 0 Å². The van der Waals surface area contributed by atoms with Gasteiger partial charge >= 0.3 is 5.97 Å². The van der Waals surface area contributed by atoms with E-state index in [1.807, 2.05) is 14.0 Å². The minimum absolute atomic E-state index is 0. The van der Waals surface area contributed by atoms with Gasteiger partial charge in [0, 0.05) is 46.2 Å². The number of carbonyl (C=O) groups excluding carboxylic acids is 1. The van der Waals surface area contributed by atoms with Crippen LogP contribution in [0.1, 0.15) is 39.0 Å². The smallest absolute Gasteiger partial charge is 0.305 e. The molecule has 0 atom stereocenters. The van der Waals surface area contributed by atoms with Crippen molar-refractivity contribution < 1.29 is 9.53 Å². The molecular weight excluding hydrogens is 475 g/mol. The number of thiophene rings is 1. The maximum Gasteiger partial charge on any atom is 0.305 e. The molecule has 2 heterocycles. The Hall–Kier alpha value is -1.03. The van der Waals surface area contributed by atoms with Crippen molar-refractivity contribution in [1.29, 1.82) is 0 Å². The van der Waals surface area contributed by atoms with E-state index >= 15 is 0 Å². The van der Waals surface area contributed by atoms with Crippen molar-refractivity contribution >= 4 is 52.2 Å². The summed E-state index contributed by atoms with van der Waals surface area (Å²) < 4.78 is 4.94. The number of guanidine groups is 1. The topological polar surface area (TPSA) is 57.2 Å². The number of hydrogen-bond acceptors (Lipinski definition) is 5. The second kappa shape index (κ2) is 14.0. The van der Waals surface area contributed by atoms with E-state index in [0.717, 1.165) is 64.4 Å². The SMILES string of the molecule is CCOC(=O)CCCCCCNC(=NC)N1CCN(c2cccs2)CC1.I. The average molecular weight is 508 g/mol. The largest absolute Gasteiger partial charge is 0.466 e. The first-order valence-corrected chi connectivity index (χ1v) is 10.5. The van der Waals surface area contributed by atoms with E-state index in [0.29, 0.717) is 13.0 Å². The van der Waals surface area contributed by atoms with Gasteiger partial charge in [-0.3, -0.25) is 9.79 Å². The quantitative estimate of drug-likeness (QED) is 0.182. The maximum absolute atomic E-state index is 11.3. The van der Waals surface area contributed by atoms with Gasteiger partial charge in [0.15, 0.2) is 5.96 Å². The van der Waals surface area contributed by atoms with E-state index in [1.165, 1.54) is 5.00 Å². The third-order valence-electron chi connectivity index (χ3n) is 4.50. The fourth-order valence-electron chi connectivity index (χ4n) is 3.10. The van der Waals surface area contributed by atoms with E-state index in [1.54, 1.807) is 11.3 Å². The molecule has 0 aromatic carbocycles. The molecular formula is C19H33IN4O2S. The molecule has 0 saturated carbocycles. The van der Waals surface area contributed by atoms with E-state index in [9.17, 15) is 4.79 Å². The molecule has 0 bridgehead atoms. The Kier molecular flexibility index (Phi) is 12.5. The zero-order valence-electron chi connectivity index (χ0n) is 16.5. The molecule has 0 amide bonds. The number of esters is 1. The summed E-state index contributed by atoms with van der Waals surface area (Å²) in [5.74, 6) is 0.926. The first-order chi connectivity index (χ1) is 12.7. The monoisotopic (exact) mass is 508 g/mol. The Bertz CT molecular complexity index is 546. The van der Waals surface area contributed by atoms with Crippen LogP contribution in [0.15, 0.2) is 22.5 Å². The highest BCUT2D eigenvalue weighted by atomic mass is 127. The van der Waals surface area contributed by atoms with Crippen LogP contribution >= 0.6 is 35.3 Å². The van der Waals surface area contributed by atoms with E-state index in [-0.39, 0.29) is 29.9 Å². The zero-order valence-corrected chi connectivity index (χ0v) is 19.6. The lowest BCUT2D eigenvalue weighted by Gasteiger charge is -2.37. The van der Waals surface area contributed by atoms with E-state index in [4.69, 9.17) is 4.74 Å². The second-order valence-corrected chi connectivity index (χ2v) is 7.29. The fraction of sp³-hybridized carbons (Fsp3) is 0.684. The number of anilines is 1. The molecule has 8 heteroatoms. The molecule has 0 radical (unpaired) electrons. The van der Waals surface area contributed by atoms with Crippen molar-refractivity contribution in [2.45, 2.75) is 39.0 Å². The molecule has 1 aromatic rings. The van der Waals surface area contributed by atoms with Crippen LogP contribution in [0.5, 0.6) is 0 Å². The van der Waals surface area contributed by atoms with Gasteiger partial charge in [-0.15, -0.1) is 35.3 Å². The predicted octanol–water partition coefficient (Wildman–Crippen LogP) is 3.58. The Balaban J connectivity index is 0.00000364. The summed E-state index contributed by atoms with van der Waals surface area (Å²) in [5, 5.41) is 6.97. The molecule has 1 aliphatic heterocycles. The van der Waals surface area contributed by atoms with Crippen molar-refractivity contribution in [1.82, 2.24) is 10.2 Å². The first kappa shape index (κ1) is 24.0. The molecule has 1 saturated heterocycles. The standard InChI is InChI=1S/C19H32N4O2S.HI/c1-3-25-18(24)10-6-4-5-7-11-21-19(20-2)23-14-12-22(13-15-23)17-9-8-16-26-17;/h8-9,16H,3-7,10-15H2,1-2H3,(H,20,21);1H. The molecule has 0 aliphatic carbocycles. The summed E-state index contributed by atoms with van der Waals surface area (Å²) in [7, 11) is 1.85. The van der Waals surface area contributed by atoms with Crippen molar-refractivity contribution in [2.75, 3.05) is 51.3 Å². The lowest BCUT2D eigenvalue weighted by Crippen LogP contribution is -2.52.